The number of anilines is 3. The maximum Gasteiger partial charge on any atom is 0.0754 e. The fourth-order valence-corrected chi connectivity index (χ4v) is 9.55. The van der Waals surface area contributed by atoms with E-state index in [-0.39, 0.29) is 0 Å². The summed E-state index contributed by atoms with van der Waals surface area (Å²) in [4.78, 5) is 7.41. The number of rotatable bonds is 8. The highest BCUT2D eigenvalue weighted by Gasteiger charge is 2.51. The highest BCUT2D eigenvalue weighted by atomic mass is 15.2. The molecule has 0 fully saturated rings. The minimum Gasteiger partial charge on any atom is -0.310 e. The predicted molar refractivity (Wildman–Crippen MR) is 258 cm³/mol. The van der Waals surface area contributed by atoms with Crippen molar-refractivity contribution in [3.8, 4) is 33.4 Å². The average molecular weight is 792 g/mol. The van der Waals surface area contributed by atoms with Crippen molar-refractivity contribution >= 4 is 34.7 Å². The number of aliphatic imine (C=N–C) groups is 1. The van der Waals surface area contributed by atoms with Crippen molar-refractivity contribution in [2.24, 2.45) is 4.99 Å². The molecule has 0 aromatic heterocycles. The first-order chi connectivity index (χ1) is 30.7. The van der Waals surface area contributed by atoms with Crippen LogP contribution in [-0.4, -0.2) is 11.9 Å². The molecule has 9 aromatic rings. The van der Waals surface area contributed by atoms with Crippen LogP contribution in [0.5, 0.6) is 0 Å². The third-order valence-corrected chi connectivity index (χ3v) is 12.4. The second-order valence-corrected chi connectivity index (χ2v) is 15.9. The summed E-state index contributed by atoms with van der Waals surface area (Å²) in [5.74, 6) is 0. The van der Waals surface area contributed by atoms with Crippen molar-refractivity contribution in [3.05, 3.63) is 276 Å². The zero-order valence-electron chi connectivity index (χ0n) is 34.0. The summed E-state index contributed by atoms with van der Waals surface area (Å²) in [5.41, 5.74) is 19.1. The summed E-state index contributed by atoms with van der Waals surface area (Å²) < 4.78 is 0. The van der Waals surface area contributed by atoms with E-state index in [1.165, 1.54) is 44.8 Å². The maximum absolute atomic E-state index is 9.18. The topological polar surface area (TPSA) is 39.5 Å². The molecule has 0 atom stereocenters. The summed E-state index contributed by atoms with van der Waals surface area (Å²) in [6, 6.07) is 81.9. The van der Waals surface area contributed by atoms with Crippen LogP contribution in [0, 0.1) is 5.41 Å². The Morgan fingerprint density at radius 2 is 0.903 bits per heavy atom. The summed E-state index contributed by atoms with van der Waals surface area (Å²) in [7, 11) is 0. The monoisotopic (exact) mass is 791 g/mol. The third kappa shape index (κ3) is 6.22. The molecule has 292 valence electrons. The number of hydrogen-bond donors (Lipinski definition) is 1. The van der Waals surface area contributed by atoms with Crippen molar-refractivity contribution < 1.29 is 0 Å². The number of hydrogen-bond acceptors (Lipinski definition) is 3. The van der Waals surface area contributed by atoms with Gasteiger partial charge in [0.2, 0.25) is 0 Å². The normalized spacial score (nSPS) is 13.4. The van der Waals surface area contributed by atoms with Gasteiger partial charge in [0.1, 0.15) is 0 Å². The van der Waals surface area contributed by atoms with Gasteiger partial charge < -0.3 is 10.3 Å². The van der Waals surface area contributed by atoms with Crippen molar-refractivity contribution in [3.63, 3.8) is 0 Å². The molecule has 1 spiro atoms. The summed E-state index contributed by atoms with van der Waals surface area (Å²) in [6.07, 6.45) is 3.75. The molecule has 0 saturated heterocycles. The Morgan fingerprint density at radius 3 is 1.56 bits per heavy atom. The summed E-state index contributed by atoms with van der Waals surface area (Å²) in [6.45, 7) is 0. The molecule has 0 bridgehead atoms. The van der Waals surface area contributed by atoms with Crippen LogP contribution < -0.4 is 4.90 Å². The third-order valence-electron chi connectivity index (χ3n) is 12.4. The van der Waals surface area contributed by atoms with E-state index < -0.39 is 5.41 Å². The molecule has 3 nitrogen and oxygen atoms in total. The zero-order valence-corrected chi connectivity index (χ0v) is 34.0. The Bertz CT molecular complexity index is 3120. The molecule has 1 N–H and O–H groups in total. The van der Waals surface area contributed by atoms with E-state index in [0.717, 1.165) is 50.3 Å². The minimum absolute atomic E-state index is 0.399. The summed E-state index contributed by atoms with van der Waals surface area (Å²) >= 11 is 0. The van der Waals surface area contributed by atoms with Gasteiger partial charge in [-0.05, 0) is 103 Å². The fourth-order valence-electron chi connectivity index (χ4n) is 9.55. The maximum atomic E-state index is 9.18. The number of para-hydroxylation sites is 3. The number of nitrogens with zero attached hydrogens (tertiary/aromatic N) is 2. The fraction of sp³-hybridized carbons (Fsp3) is 0.0169. The van der Waals surface area contributed by atoms with Crippen LogP contribution in [0.15, 0.2) is 242 Å². The standard InChI is InChI=1S/C59H41N3/c60-55(45-32-28-43(29-33-45)42-18-6-2-7-19-42)39-56(61-40-41-16-4-1-5-17-41)46-34-30-44(31-35-46)47-36-37-50-49-22-10-11-23-51(49)59(54(50)38-47)52-24-12-14-26-57(52)62(48-20-8-3-9-21-48)58-27-15-13-25-53(58)59/h1-40,60H/b56-39-,60-55?,61-40+. The highest BCUT2D eigenvalue weighted by molar-refractivity contribution is 6.11. The molecular formula is C59H41N3. The number of allylic oxidation sites excluding steroid dienone is 1. The molecule has 1 heterocycles. The molecule has 0 amide bonds. The van der Waals surface area contributed by atoms with Gasteiger partial charge in [0.05, 0.1) is 28.2 Å². The molecule has 0 saturated carbocycles. The first-order valence-electron chi connectivity index (χ1n) is 21.1. The van der Waals surface area contributed by atoms with Crippen LogP contribution >= 0.6 is 0 Å². The van der Waals surface area contributed by atoms with E-state index in [0.29, 0.717) is 5.71 Å². The molecule has 0 radical (unpaired) electrons. The Morgan fingerprint density at radius 1 is 0.419 bits per heavy atom. The lowest BCUT2D eigenvalue weighted by molar-refractivity contribution is 0.753. The first-order valence-corrected chi connectivity index (χ1v) is 21.1. The Balaban J connectivity index is 1.00. The molecule has 3 heteroatoms. The van der Waals surface area contributed by atoms with Gasteiger partial charge in [-0.15, -0.1) is 0 Å². The van der Waals surface area contributed by atoms with Crippen molar-refractivity contribution in [2.45, 2.75) is 5.41 Å². The number of benzene rings is 9. The quantitative estimate of drug-likeness (QED) is 0.153. The second-order valence-electron chi connectivity index (χ2n) is 15.9. The Labute approximate surface area is 362 Å². The minimum atomic E-state index is -0.526. The van der Waals surface area contributed by atoms with Crippen LogP contribution in [0.1, 0.15) is 38.9 Å². The average Bonchev–Trinajstić information content (AvgIpc) is 3.64. The molecule has 1 aliphatic heterocycles. The molecule has 11 rings (SSSR count). The smallest absolute Gasteiger partial charge is 0.0754 e. The molecule has 9 aromatic carbocycles. The van der Waals surface area contributed by atoms with Gasteiger partial charge in [0.15, 0.2) is 0 Å². The van der Waals surface area contributed by atoms with Crippen LogP contribution in [0.3, 0.4) is 0 Å². The van der Waals surface area contributed by atoms with Crippen LogP contribution in [0.2, 0.25) is 0 Å². The zero-order chi connectivity index (χ0) is 41.5. The molecule has 1 aliphatic carbocycles. The summed E-state index contributed by atoms with van der Waals surface area (Å²) in [5, 5.41) is 9.18. The molecule has 2 aliphatic rings. The molecule has 62 heavy (non-hydrogen) atoms. The molecular weight excluding hydrogens is 751 g/mol. The van der Waals surface area contributed by atoms with Gasteiger partial charge in [-0.25, -0.2) is 0 Å². The van der Waals surface area contributed by atoms with Crippen molar-refractivity contribution in [1.29, 1.82) is 5.41 Å². The SMILES string of the molecule is N=C(/C=C(\N=C\c1ccccc1)c1ccc(-c2ccc3c(c2)C2(c4ccccc4-3)c3ccccc3N(c3ccccc3)c3ccccc32)cc1)c1ccc(-c2ccccc2)cc1. The number of fused-ring (bicyclic) bond motifs is 9. The second kappa shape index (κ2) is 15.5. The lowest BCUT2D eigenvalue weighted by atomic mass is 9.64. The van der Waals surface area contributed by atoms with E-state index in [1.807, 2.05) is 73.0 Å². The van der Waals surface area contributed by atoms with Crippen molar-refractivity contribution in [1.82, 2.24) is 0 Å². The van der Waals surface area contributed by atoms with Gasteiger partial charge in [-0.2, -0.15) is 0 Å². The van der Waals surface area contributed by atoms with E-state index in [9.17, 15) is 5.41 Å². The van der Waals surface area contributed by atoms with Gasteiger partial charge in [-0.3, -0.25) is 4.99 Å². The first kappa shape index (κ1) is 36.9. The van der Waals surface area contributed by atoms with E-state index in [1.54, 1.807) is 0 Å². The van der Waals surface area contributed by atoms with Crippen molar-refractivity contribution in [2.75, 3.05) is 4.90 Å². The molecule has 0 unspecified atom stereocenters. The Hall–Kier alpha value is -8.14. The van der Waals surface area contributed by atoms with Gasteiger partial charge in [0, 0.05) is 17.5 Å². The predicted octanol–water partition coefficient (Wildman–Crippen LogP) is 14.7. The van der Waals surface area contributed by atoms with E-state index >= 15 is 0 Å². The van der Waals surface area contributed by atoms with Crippen LogP contribution in [0.4, 0.5) is 17.1 Å². The Kier molecular flexibility index (Phi) is 9.21. The largest absolute Gasteiger partial charge is 0.310 e. The van der Waals surface area contributed by atoms with Gasteiger partial charge in [0.25, 0.3) is 0 Å². The lowest BCUT2D eigenvalue weighted by Crippen LogP contribution is -2.36. The highest BCUT2D eigenvalue weighted by Crippen LogP contribution is 2.63. The van der Waals surface area contributed by atoms with Gasteiger partial charge in [-0.1, -0.05) is 200 Å². The van der Waals surface area contributed by atoms with Crippen LogP contribution in [-0.2, 0) is 5.41 Å². The van der Waals surface area contributed by atoms with E-state index in [4.69, 9.17) is 4.99 Å². The lowest BCUT2D eigenvalue weighted by Gasteiger charge is -2.45. The van der Waals surface area contributed by atoms with Crippen LogP contribution in [0.25, 0.3) is 39.1 Å². The van der Waals surface area contributed by atoms with Gasteiger partial charge >= 0.3 is 0 Å². The van der Waals surface area contributed by atoms with E-state index in [2.05, 4.69) is 175 Å². The number of nitrogens with one attached hydrogen (secondary N) is 1.